The second kappa shape index (κ2) is 7.35. The molecule has 0 saturated heterocycles. The molecule has 1 unspecified atom stereocenters. The molecule has 1 aliphatic heterocycles. The highest BCUT2D eigenvalue weighted by Crippen LogP contribution is 2.13. The number of rotatable bonds is 4. The average molecular weight is 342 g/mol. The second-order valence-electron chi connectivity index (χ2n) is 4.58. The van der Waals surface area contributed by atoms with Crippen LogP contribution in [0, 0.1) is 6.92 Å². The number of hydrogen-bond donors (Lipinski definition) is 2. The van der Waals surface area contributed by atoms with Crippen molar-refractivity contribution in [2.24, 2.45) is 0 Å². The molecule has 0 amide bonds. The third kappa shape index (κ3) is 3.77. The normalized spacial score (nSPS) is 17.6. The summed E-state index contributed by atoms with van der Waals surface area (Å²) >= 11 is 0. The molecule has 1 aliphatic rings. The van der Waals surface area contributed by atoms with Gasteiger partial charge in [0.1, 0.15) is 11.6 Å². The number of nitrogens with two attached hydrogens (primary N) is 1. The fraction of sp³-hybridized carbons (Fsp3) is 0.462. The Morgan fingerprint density at radius 1 is 1.50 bits per heavy atom. The van der Waals surface area contributed by atoms with E-state index in [-0.39, 0.29) is 29.8 Å². The van der Waals surface area contributed by atoms with Gasteiger partial charge in [-0.15, -0.1) is 0 Å². The summed E-state index contributed by atoms with van der Waals surface area (Å²) in [6.45, 7) is 5.31. The molecule has 110 valence electrons. The summed E-state index contributed by atoms with van der Waals surface area (Å²) in [5.74, 6) is 1.20. The lowest BCUT2D eigenvalue weighted by atomic mass is 10.2. The molecule has 7 heteroatoms. The van der Waals surface area contributed by atoms with E-state index < -0.39 is 0 Å². The van der Waals surface area contributed by atoms with Gasteiger partial charge >= 0.3 is 0 Å². The summed E-state index contributed by atoms with van der Waals surface area (Å²) in [5.41, 5.74) is 6.82. The van der Waals surface area contributed by atoms with Crippen molar-refractivity contribution in [3.8, 4) is 0 Å². The maximum absolute atomic E-state index is 9.04. The molecular formula is C13H20BrN5O. The number of aromatic nitrogens is 2. The highest BCUT2D eigenvalue weighted by Gasteiger charge is 2.24. The van der Waals surface area contributed by atoms with Crippen molar-refractivity contribution in [1.82, 2.24) is 14.9 Å². The van der Waals surface area contributed by atoms with Gasteiger partial charge < -0.3 is 32.7 Å². The first kappa shape index (κ1) is 16.6. The molecule has 0 aromatic carbocycles. The van der Waals surface area contributed by atoms with Crippen molar-refractivity contribution in [2.75, 3.05) is 18.9 Å². The van der Waals surface area contributed by atoms with E-state index in [1.54, 1.807) is 6.20 Å². The zero-order valence-electron chi connectivity index (χ0n) is 11.7. The Morgan fingerprint density at radius 2 is 2.25 bits per heavy atom. The minimum Gasteiger partial charge on any atom is -1.00 e. The molecule has 2 rings (SSSR count). The summed E-state index contributed by atoms with van der Waals surface area (Å²) in [7, 11) is 0. The van der Waals surface area contributed by atoms with E-state index in [0.29, 0.717) is 24.7 Å². The third-order valence-electron chi connectivity index (χ3n) is 3.24. The first-order valence-electron chi connectivity index (χ1n) is 6.34. The number of aliphatic hydroxyl groups excluding tert-OH is 1. The van der Waals surface area contributed by atoms with E-state index in [4.69, 9.17) is 10.8 Å². The molecule has 1 aromatic heterocycles. The van der Waals surface area contributed by atoms with E-state index in [1.165, 1.54) is 0 Å². The van der Waals surface area contributed by atoms with Gasteiger partial charge in [0, 0.05) is 31.9 Å². The first-order chi connectivity index (χ1) is 9.11. The Hall–Kier alpha value is -1.47. The standard InChI is InChI=1S/C13H20N5O.BrH/c1-10-15-8-12(13(14)16-10)9-18-5-3-4-17(6-7-19)11(18)2;/h3-5,8,11,19H,6-7,9H2,1-2H3,(H2,14,15,16);1H/q+1;/p-1. The molecule has 0 aliphatic carbocycles. The molecule has 1 atom stereocenters. The first-order valence-corrected chi connectivity index (χ1v) is 6.34. The van der Waals surface area contributed by atoms with Crippen LogP contribution in [-0.2, 0) is 6.54 Å². The number of aryl methyl sites for hydroxylation is 1. The lowest BCUT2D eigenvalue weighted by molar-refractivity contribution is -0.596. The number of nitrogens with zero attached hydrogens (tertiary/aromatic N) is 4. The van der Waals surface area contributed by atoms with Crippen LogP contribution in [0.3, 0.4) is 0 Å². The quantitative estimate of drug-likeness (QED) is 0.575. The third-order valence-corrected chi connectivity index (χ3v) is 3.24. The molecule has 0 saturated carbocycles. The highest BCUT2D eigenvalue weighted by atomic mass is 79.9. The van der Waals surface area contributed by atoms with E-state index in [9.17, 15) is 0 Å². The molecule has 3 N–H and O–H groups in total. The van der Waals surface area contributed by atoms with Gasteiger partial charge in [-0.3, -0.25) is 0 Å². The zero-order valence-corrected chi connectivity index (χ0v) is 13.3. The van der Waals surface area contributed by atoms with Crippen LogP contribution in [0.2, 0.25) is 0 Å². The van der Waals surface area contributed by atoms with E-state index >= 15 is 0 Å². The molecule has 0 fully saturated rings. The summed E-state index contributed by atoms with van der Waals surface area (Å²) in [5, 5.41) is 9.04. The maximum atomic E-state index is 9.04. The van der Waals surface area contributed by atoms with Crippen molar-refractivity contribution in [1.29, 1.82) is 0 Å². The lowest BCUT2D eigenvalue weighted by Crippen LogP contribution is -3.00. The van der Waals surface area contributed by atoms with Gasteiger partial charge in [0.25, 0.3) is 0 Å². The molecule has 1 aromatic rings. The summed E-state index contributed by atoms with van der Waals surface area (Å²) < 4.78 is 2.14. The van der Waals surface area contributed by atoms with Crippen LogP contribution in [0.25, 0.3) is 0 Å². The Balaban J connectivity index is 0.00000200. The Kier molecular flexibility index (Phi) is 6.09. The van der Waals surface area contributed by atoms with Crippen LogP contribution < -0.4 is 22.7 Å². The number of nitrogen functional groups attached to an aromatic ring is 1. The van der Waals surface area contributed by atoms with Crippen LogP contribution in [0.15, 0.2) is 18.5 Å². The number of halogens is 1. The number of β-amino-alcohol motifs (C(OH)–C–C–N with tert-alkyl or cyclic N) is 1. The topological polar surface area (TPSA) is 78.3 Å². The molecule has 0 bridgehead atoms. The zero-order chi connectivity index (χ0) is 13.8. The lowest BCUT2D eigenvalue weighted by Gasteiger charge is -2.26. The van der Waals surface area contributed by atoms with Crippen molar-refractivity contribution >= 4 is 12.0 Å². The van der Waals surface area contributed by atoms with Gasteiger partial charge in [-0.1, -0.05) is 0 Å². The number of anilines is 1. The molecule has 20 heavy (non-hydrogen) atoms. The summed E-state index contributed by atoms with van der Waals surface area (Å²) in [6.07, 6.45) is 7.88. The van der Waals surface area contributed by atoms with Gasteiger partial charge in [0.2, 0.25) is 6.17 Å². The number of aliphatic hydroxyl groups is 1. The van der Waals surface area contributed by atoms with Crippen molar-refractivity contribution in [3.05, 3.63) is 29.9 Å². The predicted octanol–water partition coefficient (Wildman–Crippen LogP) is -2.88. The largest absolute Gasteiger partial charge is 1.00 e. The smallest absolute Gasteiger partial charge is 0.225 e. The molecule has 0 radical (unpaired) electrons. The van der Waals surface area contributed by atoms with Crippen molar-refractivity contribution < 1.29 is 26.7 Å². The van der Waals surface area contributed by atoms with E-state index in [1.807, 2.05) is 25.4 Å². The molecule has 0 spiro atoms. The fourth-order valence-corrected chi connectivity index (χ4v) is 2.09. The summed E-state index contributed by atoms with van der Waals surface area (Å²) in [6, 6.07) is 0. The minimum atomic E-state index is 0. The predicted molar refractivity (Wildman–Crippen MR) is 73.6 cm³/mol. The summed E-state index contributed by atoms with van der Waals surface area (Å²) in [4.78, 5) is 10.4. The highest BCUT2D eigenvalue weighted by molar-refractivity contribution is 5.66. The number of hydrogen-bond acceptors (Lipinski definition) is 5. The minimum absolute atomic E-state index is 0. The second-order valence-corrected chi connectivity index (χ2v) is 4.58. The van der Waals surface area contributed by atoms with Gasteiger partial charge in [-0.05, 0) is 6.92 Å². The monoisotopic (exact) mass is 341 g/mol. The molecular weight excluding hydrogens is 322 g/mol. The number of allylic oxidation sites excluding steroid dienone is 1. The Labute approximate surface area is 129 Å². The van der Waals surface area contributed by atoms with Crippen LogP contribution in [0.4, 0.5) is 5.82 Å². The van der Waals surface area contributed by atoms with Crippen LogP contribution in [-0.4, -0.2) is 50.1 Å². The van der Waals surface area contributed by atoms with Gasteiger partial charge in [-0.2, -0.15) is 0 Å². The Bertz CT molecular complexity index is 517. The van der Waals surface area contributed by atoms with Crippen LogP contribution in [0.5, 0.6) is 0 Å². The SMILES string of the molecule is Cc1ncc(C[N+]2=CC=CN(CCO)C2C)c(N)n1.[Br-]. The van der Waals surface area contributed by atoms with Crippen LogP contribution in [0.1, 0.15) is 18.3 Å². The maximum Gasteiger partial charge on any atom is 0.225 e. The molecule has 2 heterocycles. The molecule has 6 nitrogen and oxygen atoms in total. The van der Waals surface area contributed by atoms with Crippen LogP contribution >= 0.6 is 0 Å². The van der Waals surface area contributed by atoms with Crippen molar-refractivity contribution in [2.45, 2.75) is 26.6 Å². The van der Waals surface area contributed by atoms with Gasteiger partial charge in [-0.25, -0.2) is 14.5 Å². The van der Waals surface area contributed by atoms with E-state index in [2.05, 4.69) is 26.4 Å². The van der Waals surface area contributed by atoms with E-state index in [0.717, 1.165) is 5.56 Å². The van der Waals surface area contributed by atoms with Crippen molar-refractivity contribution in [3.63, 3.8) is 0 Å². The van der Waals surface area contributed by atoms with Gasteiger partial charge in [0.05, 0.1) is 12.2 Å². The Morgan fingerprint density at radius 3 is 2.90 bits per heavy atom. The average Bonchev–Trinajstić information content (AvgIpc) is 2.37. The fourth-order valence-electron chi connectivity index (χ4n) is 2.09. The van der Waals surface area contributed by atoms with Gasteiger partial charge in [0.15, 0.2) is 12.8 Å².